The molecule has 1 atom stereocenters. The van der Waals surface area contributed by atoms with Gasteiger partial charge in [-0.1, -0.05) is 20.8 Å². The Labute approximate surface area is 108 Å². The Hall–Kier alpha value is -1.36. The summed E-state index contributed by atoms with van der Waals surface area (Å²) in [5.74, 6) is 2.57. The van der Waals surface area contributed by atoms with Crippen LogP contribution in [-0.4, -0.2) is 35.8 Å². The number of rotatable bonds is 3. The predicted octanol–water partition coefficient (Wildman–Crippen LogP) is 1.80. The molecule has 1 fully saturated rings. The number of nitrogens with two attached hydrogens (primary N) is 1. The maximum absolute atomic E-state index is 5.86. The van der Waals surface area contributed by atoms with Crippen molar-refractivity contribution in [2.75, 3.05) is 30.3 Å². The van der Waals surface area contributed by atoms with Gasteiger partial charge >= 0.3 is 0 Å². The summed E-state index contributed by atoms with van der Waals surface area (Å²) in [6.45, 7) is 8.79. The zero-order valence-corrected chi connectivity index (χ0v) is 11.4. The van der Waals surface area contributed by atoms with E-state index in [0.717, 1.165) is 37.8 Å². The molecule has 2 heterocycles. The van der Waals surface area contributed by atoms with Crippen LogP contribution in [0.1, 0.15) is 38.9 Å². The number of aromatic nitrogens is 2. The van der Waals surface area contributed by atoms with Gasteiger partial charge in [0.2, 0.25) is 0 Å². The molecule has 0 bridgehead atoms. The van der Waals surface area contributed by atoms with Crippen LogP contribution >= 0.6 is 0 Å². The molecule has 100 valence electrons. The van der Waals surface area contributed by atoms with Crippen molar-refractivity contribution in [2.45, 2.75) is 39.2 Å². The lowest BCUT2D eigenvalue weighted by atomic mass is 10.2. The summed E-state index contributed by atoms with van der Waals surface area (Å²) in [5.41, 5.74) is 5.86. The zero-order chi connectivity index (χ0) is 13.1. The summed E-state index contributed by atoms with van der Waals surface area (Å²) in [5, 5.41) is 0. The fourth-order valence-electron chi connectivity index (χ4n) is 2.07. The van der Waals surface area contributed by atoms with Crippen molar-refractivity contribution >= 4 is 11.6 Å². The minimum atomic E-state index is 0.287. The van der Waals surface area contributed by atoms with E-state index in [4.69, 9.17) is 10.5 Å². The number of ether oxygens (including phenoxy) is 1. The normalized spacial score (nSPS) is 20.4. The van der Waals surface area contributed by atoms with Gasteiger partial charge in [0.25, 0.3) is 0 Å². The van der Waals surface area contributed by atoms with Crippen LogP contribution in [0.3, 0.4) is 0 Å². The minimum absolute atomic E-state index is 0.287. The Morgan fingerprint density at radius 1 is 1.50 bits per heavy atom. The van der Waals surface area contributed by atoms with E-state index in [1.165, 1.54) is 0 Å². The van der Waals surface area contributed by atoms with Gasteiger partial charge in [-0.15, -0.1) is 0 Å². The van der Waals surface area contributed by atoms with Crippen molar-refractivity contribution in [3.8, 4) is 0 Å². The summed E-state index contributed by atoms with van der Waals surface area (Å²) >= 11 is 0. The van der Waals surface area contributed by atoms with Gasteiger partial charge in [0.1, 0.15) is 17.5 Å². The van der Waals surface area contributed by atoms with Gasteiger partial charge in [0, 0.05) is 25.1 Å². The number of hydrogen-bond acceptors (Lipinski definition) is 5. The maximum Gasteiger partial charge on any atom is 0.135 e. The van der Waals surface area contributed by atoms with Crippen LogP contribution in [0.25, 0.3) is 0 Å². The highest BCUT2D eigenvalue weighted by Gasteiger charge is 2.21. The molecule has 2 N–H and O–H groups in total. The molecule has 0 radical (unpaired) electrons. The Kier molecular flexibility index (Phi) is 4.01. The highest BCUT2D eigenvalue weighted by molar-refractivity contribution is 5.47. The number of nitrogen functional groups attached to an aromatic ring is 1. The van der Waals surface area contributed by atoms with Gasteiger partial charge in [0.15, 0.2) is 0 Å². The molecule has 1 unspecified atom stereocenters. The molecule has 0 amide bonds. The average molecular weight is 250 g/mol. The molecule has 0 aromatic carbocycles. The van der Waals surface area contributed by atoms with Gasteiger partial charge in [-0.3, -0.25) is 0 Å². The van der Waals surface area contributed by atoms with Crippen LogP contribution in [0.4, 0.5) is 11.6 Å². The van der Waals surface area contributed by atoms with Gasteiger partial charge in [-0.2, -0.15) is 0 Å². The largest absolute Gasteiger partial charge is 0.384 e. The molecule has 1 aliphatic rings. The van der Waals surface area contributed by atoms with Gasteiger partial charge in [0.05, 0.1) is 12.7 Å². The van der Waals surface area contributed by atoms with Crippen molar-refractivity contribution in [1.82, 2.24) is 9.97 Å². The van der Waals surface area contributed by atoms with Crippen molar-refractivity contribution in [1.29, 1.82) is 0 Å². The third-order valence-electron chi connectivity index (χ3n) is 3.18. The van der Waals surface area contributed by atoms with E-state index in [9.17, 15) is 0 Å². The highest BCUT2D eigenvalue weighted by atomic mass is 16.5. The number of nitrogens with zero attached hydrogens (tertiary/aromatic N) is 3. The number of morpholine rings is 1. The second kappa shape index (κ2) is 5.52. The summed E-state index contributed by atoms with van der Waals surface area (Å²) < 4.78 is 5.67. The molecule has 5 heteroatoms. The SMILES string of the molecule is CCC1CN(c2cc(N)nc(C(C)C)n2)CCO1. The predicted molar refractivity (Wildman–Crippen MR) is 72.8 cm³/mol. The second-order valence-corrected chi connectivity index (χ2v) is 5.01. The smallest absolute Gasteiger partial charge is 0.135 e. The third kappa shape index (κ3) is 2.90. The summed E-state index contributed by atoms with van der Waals surface area (Å²) in [4.78, 5) is 11.1. The van der Waals surface area contributed by atoms with Crippen molar-refractivity contribution < 1.29 is 4.74 Å². The van der Waals surface area contributed by atoms with Crippen LogP contribution in [0, 0.1) is 0 Å². The standard InChI is InChI=1S/C13H22N4O/c1-4-10-8-17(5-6-18-10)12-7-11(14)15-13(16-12)9(2)3/h7,9-10H,4-6,8H2,1-3H3,(H2,14,15,16). The molecule has 2 rings (SSSR count). The van der Waals surface area contributed by atoms with Crippen LogP contribution < -0.4 is 10.6 Å². The Bertz CT molecular complexity index is 408. The first-order chi connectivity index (χ1) is 8.60. The molecule has 1 saturated heterocycles. The van der Waals surface area contributed by atoms with E-state index in [2.05, 4.69) is 35.6 Å². The number of anilines is 2. The van der Waals surface area contributed by atoms with E-state index in [0.29, 0.717) is 5.82 Å². The van der Waals surface area contributed by atoms with Gasteiger partial charge in [-0.05, 0) is 6.42 Å². The fraction of sp³-hybridized carbons (Fsp3) is 0.692. The molecule has 0 saturated carbocycles. The van der Waals surface area contributed by atoms with Crippen LogP contribution in [0.2, 0.25) is 0 Å². The summed E-state index contributed by atoms with van der Waals surface area (Å²) in [6.07, 6.45) is 1.31. The van der Waals surface area contributed by atoms with Crippen molar-refractivity contribution in [3.63, 3.8) is 0 Å². The first-order valence-corrected chi connectivity index (χ1v) is 6.61. The van der Waals surface area contributed by atoms with Crippen LogP contribution in [0.15, 0.2) is 6.07 Å². The molecule has 5 nitrogen and oxygen atoms in total. The lowest BCUT2D eigenvalue weighted by Gasteiger charge is -2.33. The molecular formula is C13H22N4O. The molecule has 0 aliphatic carbocycles. The Morgan fingerprint density at radius 3 is 2.94 bits per heavy atom. The molecule has 18 heavy (non-hydrogen) atoms. The molecule has 1 aromatic heterocycles. The maximum atomic E-state index is 5.86. The summed E-state index contributed by atoms with van der Waals surface area (Å²) in [6, 6.07) is 1.85. The van der Waals surface area contributed by atoms with E-state index >= 15 is 0 Å². The zero-order valence-electron chi connectivity index (χ0n) is 11.4. The lowest BCUT2D eigenvalue weighted by Crippen LogP contribution is -2.42. The Morgan fingerprint density at radius 2 is 2.28 bits per heavy atom. The van der Waals surface area contributed by atoms with Crippen LogP contribution in [-0.2, 0) is 4.74 Å². The van der Waals surface area contributed by atoms with Crippen LogP contribution in [0.5, 0.6) is 0 Å². The van der Waals surface area contributed by atoms with Gasteiger partial charge in [-0.25, -0.2) is 9.97 Å². The topological polar surface area (TPSA) is 64.3 Å². The highest BCUT2D eigenvalue weighted by Crippen LogP contribution is 2.21. The first kappa shape index (κ1) is 13.1. The first-order valence-electron chi connectivity index (χ1n) is 6.61. The second-order valence-electron chi connectivity index (χ2n) is 5.01. The molecule has 0 spiro atoms. The van der Waals surface area contributed by atoms with E-state index < -0.39 is 0 Å². The number of hydrogen-bond donors (Lipinski definition) is 1. The average Bonchev–Trinajstić information content (AvgIpc) is 2.38. The summed E-state index contributed by atoms with van der Waals surface area (Å²) in [7, 11) is 0. The van der Waals surface area contributed by atoms with E-state index in [1.54, 1.807) is 0 Å². The van der Waals surface area contributed by atoms with E-state index in [1.807, 2.05) is 6.07 Å². The quantitative estimate of drug-likeness (QED) is 0.886. The molecular weight excluding hydrogens is 228 g/mol. The molecule has 1 aliphatic heterocycles. The fourth-order valence-corrected chi connectivity index (χ4v) is 2.07. The van der Waals surface area contributed by atoms with Gasteiger partial charge < -0.3 is 15.4 Å². The Balaban J connectivity index is 2.21. The third-order valence-corrected chi connectivity index (χ3v) is 3.18. The van der Waals surface area contributed by atoms with E-state index in [-0.39, 0.29) is 12.0 Å². The monoisotopic (exact) mass is 250 g/mol. The van der Waals surface area contributed by atoms with Crippen molar-refractivity contribution in [2.24, 2.45) is 0 Å². The molecule has 1 aromatic rings. The minimum Gasteiger partial charge on any atom is -0.384 e. The lowest BCUT2D eigenvalue weighted by molar-refractivity contribution is 0.0381. The van der Waals surface area contributed by atoms with Crippen molar-refractivity contribution in [3.05, 3.63) is 11.9 Å².